The van der Waals surface area contributed by atoms with Gasteiger partial charge in [-0.15, -0.1) is 0 Å². The lowest BCUT2D eigenvalue weighted by molar-refractivity contribution is -0.122. The van der Waals surface area contributed by atoms with Crippen molar-refractivity contribution >= 4 is 64.1 Å². The van der Waals surface area contributed by atoms with Crippen LogP contribution in [0.25, 0.3) is 6.08 Å². The second-order valence-electron chi connectivity index (χ2n) is 5.67. The van der Waals surface area contributed by atoms with Crippen LogP contribution < -0.4 is 19.7 Å². The zero-order valence-corrected chi connectivity index (χ0v) is 17.1. The molecule has 28 heavy (non-hydrogen) atoms. The molecule has 9 heteroatoms. The minimum atomic E-state index is -0.596. The summed E-state index contributed by atoms with van der Waals surface area (Å²) in [4.78, 5) is 26.6. The Labute approximate surface area is 176 Å². The number of carbonyl (C=O) groups excluding carboxylic acids is 2. The molecule has 0 saturated carbocycles. The number of benzene rings is 2. The maximum atomic E-state index is 13.0. The van der Waals surface area contributed by atoms with Crippen LogP contribution in [0.5, 0.6) is 11.5 Å². The van der Waals surface area contributed by atoms with E-state index in [2.05, 4.69) is 5.32 Å². The largest absolute Gasteiger partial charge is 0.493 e. The number of nitrogens with one attached hydrogen (secondary N) is 1. The summed E-state index contributed by atoms with van der Waals surface area (Å²) in [6, 6.07) is 9.67. The third-order valence-electron chi connectivity index (χ3n) is 3.98. The quantitative estimate of drug-likeness (QED) is 0.447. The molecule has 1 saturated heterocycles. The molecule has 1 N–H and O–H groups in total. The Bertz CT molecular complexity index is 1020. The van der Waals surface area contributed by atoms with Gasteiger partial charge in [0.05, 0.1) is 30.0 Å². The lowest BCUT2D eigenvalue weighted by Gasteiger charge is -2.29. The maximum absolute atomic E-state index is 13.0. The number of nitrogens with zero attached hydrogens (tertiary/aromatic N) is 1. The molecular formula is C19H14Cl2N2O4S. The fourth-order valence-corrected chi connectivity index (χ4v) is 3.20. The highest BCUT2D eigenvalue weighted by Crippen LogP contribution is 2.31. The van der Waals surface area contributed by atoms with Crippen molar-refractivity contribution in [1.82, 2.24) is 5.32 Å². The normalized spacial score (nSPS) is 15.6. The minimum Gasteiger partial charge on any atom is -0.493 e. The summed E-state index contributed by atoms with van der Waals surface area (Å²) in [5.41, 5.74) is 0.882. The van der Waals surface area contributed by atoms with Crippen LogP contribution in [0, 0.1) is 0 Å². The second kappa shape index (κ2) is 8.18. The number of halogens is 2. The maximum Gasteiger partial charge on any atom is 0.270 e. The molecule has 1 heterocycles. The monoisotopic (exact) mass is 436 g/mol. The molecule has 2 aromatic carbocycles. The molecule has 0 radical (unpaired) electrons. The molecule has 1 aliphatic rings. The Morgan fingerprint density at radius 3 is 2.36 bits per heavy atom. The summed E-state index contributed by atoms with van der Waals surface area (Å²) in [5.74, 6) is -0.178. The van der Waals surface area contributed by atoms with Gasteiger partial charge in [0.2, 0.25) is 0 Å². The van der Waals surface area contributed by atoms with Crippen molar-refractivity contribution in [2.75, 3.05) is 19.1 Å². The van der Waals surface area contributed by atoms with Gasteiger partial charge >= 0.3 is 0 Å². The van der Waals surface area contributed by atoms with E-state index in [1.807, 2.05) is 0 Å². The fourth-order valence-electron chi connectivity index (χ4n) is 2.63. The first kappa shape index (κ1) is 20.1. The Morgan fingerprint density at radius 1 is 1.00 bits per heavy atom. The first-order valence-corrected chi connectivity index (χ1v) is 9.10. The van der Waals surface area contributed by atoms with Crippen molar-refractivity contribution in [2.24, 2.45) is 0 Å². The third kappa shape index (κ3) is 3.82. The van der Waals surface area contributed by atoms with Gasteiger partial charge in [-0.3, -0.25) is 19.8 Å². The topological polar surface area (TPSA) is 67.9 Å². The standard InChI is InChI=1S/C19H14Cl2N2O4S/c1-26-15-6-3-10(8-16(15)27-2)7-12-17(24)22-19(28)23(18(12)25)11-4-5-13(20)14(21)9-11/h3-9H,1-2H3,(H,22,24,28). The van der Waals surface area contributed by atoms with Gasteiger partial charge in [-0.25, -0.2) is 0 Å². The van der Waals surface area contributed by atoms with Crippen LogP contribution in [0.3, 0.4) is 0 Å². The zero-order valence-electron chi connectivity index (χ0n) is 14.8. The molecule has 2 amide bonds. The van der Waals surface area contributed by atoms with Crippen LogP contribution in [-0.2, 0) is 9.59 Å². The number of carbonyl (C=O) groups is 2. The summed E-state index contributed by atoms with van der Waals surface area (Å²) in [6.07, 6.45) is 1.45. The van der Waals surface area contributed by atoms with Crippen LogP contribution in [0.2, 0.25) is 10.0 Å². The van der Waals surface area contributed by atoms with Crippen LogP contribution in [0.1, 0.15) is 5.56 Å². The van der Waals surface area contributed by atoms with E-state index < -0.39 is 11.8 Å². The number of thiocarbonyl (C=S) groups is 1. The smallest absolute Gasteiger partial charge is 0.270 e. The molecule has 1 fully saturated rings. The molecule has 3 rings (SSSR count). The van der Waals surface area contributed by atoms with Crippen molar-refractivity contribution in [3.05, 3.63) is 57.6 Å². The van der Waals surface area contributed by atoms with Gasteiger partial charge in [-0.2, -0.15) is 0 Å². The highest BCUT2D eigenvalue weighted by atomic mass is 35.5. The molecule has 1 aliphatic heterocycles. The van der Waals surface area contributed by atoms with Crippen molar-refractivity contribution in [2.45, 2.75) is 0 Å². The Hall–Kier alpha value is -2.61. The van der Waals surface area contributed by atoms with E-state index in [0.29, 0.717) is 27.8 Å². The van der Waals surface area contributed by atoms with Crippen LogP contribution in [-0.4, -0.2) is 31.1 Å². The molecule has 0 aromatic heterocycles. The average Bonchev–Trinajstić information content (AvgIpc) is 2.67. The van der Waals surface area contributed by atoms with Crippen molar-refractivity contribution in [1.29, 1.82) is 0 Å². The van der Waals surface area contributed by atoms with E-state index in [9.17, 15) is 9.59 Å². The summed E-state index contributed by atoms with van der Waals surface area (Å²) >= 11 is 17.1. The number of anilines is 1. The van der Waals surface area contributed by atoms with Crippen LogP contribution in [0.15, 0.2) is 42.0 Å². The highest BCUT2D eigenvalue weighted by Gasteiger charge is 2.34. The highest BCUT2D eigenvalue weighted by molar-refractivity contribution is 7.80. The molecule has 0 unspecified atom stereocenters. The van der Waals surface area contributed by atoms with E-state index in [1.54, 1.807) is 30.3 Å². The summed E-state index contributed by atoms with van der Waals surface area (Å²) in [5, 5.41) is 3.07. The van der Waals surface area contributed by atoms with E-state index in [4.69, 9.17) is 44.9 Å². The molecule has 2 aromatic rings. The number of amides is 2. The fraction of sp³-hybridized carbons (Fsp3) is 0.105. The van der Waals surface area contributed by atoms with Crippen molar-refractivity contribution in [3.8, 4) is 11.5 Å². The molecule has 0 bridgehead atoms. The molecular weight excluding hydrogens is 423 g/mol. The number of hydrogen-bond acceptors (Lipinski definition) is 5. The first-order chi connectivity index (χ1) is 13.3. The lowest BCUT2D eigenvalue weighted by atomic mass is 10.1. The first-order valence-electron chi connectivity index (χ1n) is 7.94. The number of hydrogen-bond donors (Lipinski definition) is 1. The van der Waals surface area contributed by atoms with Crippen LogP contribution >= 0.6 is 35.4 Å². The minimum absolute atomic E-state index is 0.0437. The van der Waals surface area contributed by atoms with Gasteiger partial charge in [0, 0.05) is 0 Å². The molecule has 0 atom stereocenters. The Balaban J connectivity index is 2.02. The summed E-state index contributed by atoms with van der Waals surface area (Å²) in [6.45, 7) is 0. The average molecular weight is 437 g/mol. The molecule has 6 nitrogen and oxygen atoms in total. The number of ether oxygens (including phenoxy) is 2. The van der Waals surface area contributed by atoms with Crippen LogP contribution in [0.4, 0.5) is 5.69 Å². The zero-order chi connectivity index (χ0) is 20.4. The SMILES string of the molecule is COc1ccc(C=C2C(=O)NC(=S)N(c3ccc(Cl)c(Cl)c3)C2=O)cc1OC. The summed E-state index contributed by atoms with van der Waals surface area (Å²) < 4.78 is 10.4. The van der Waals surface area contributed by atoms with Gasteiger partial charge in [0.25, 0.3) is 11.8 Å². The molecule has 0 spiro atoms. The van der Waals surface area contributed by atoms with Crippen molar-refractivity contribution < 1.29 is 19.1 Å². The van der Waals surface area contributed by atoms with Gasteiger partial charge in [-0.05, 0) is 54.2 Å². The lowest BCUT2D eigenvalue weighted by Crippen LogP contribution is -2.54. The number of methoxy groups -OCH3 is 2. The van der Waals surface area contributed by atoms with E-state index in [1.165, 1.54) is 31.3 Å². The Morgan fingerprint density at radius 2 is 1.71 bits per heavy atom. The van der Waals surface area contributed by atoms with Gasteiger partial charge in [0.15, 0.2) is 16.6 Å². The second-order valence-corrected chi connectivity index (χ2v) is 6.87. The van der Waals surface area contributed by atoms with E-state index in [0.717, 1.165) is 0 Å². The van der Waals surface area contributed by atoms with E-state index in [-0.39, 0.29) is 15.7 Å². The van der Waals surface area contributed by atoms with Gasteiger partial charge in [0.1, 0.15) is 5.57 Å². The number of rotatable bonds is 4. The predicted molar refractivity (Wildman–Crippen MR) is 112 cm³/mol. The summed E-state index contributed by atoms with van der Waals surface area (Å²) in [7, 11) is 3.02. The van der Waals surface area contributed by atoms with Gasteiger partial charge < -0.3 is 9.47 Å². The van der Waals surface area contributed by atoms with Crippen molar-refractivity contribution in [3.63, 3.8) is 0 Å². The molecule has 144 valence electrons. The predicted octanol–water partition coefficient (Wildman–Crippen LogP) is 3.84. The molecule has 0 aliphatic carbocycles. The Kier molecular flexibility index (Phi) is 5.88. The van der Waals surface area contributed by atoms with Gasteiger partial charge in [-0.1, -0.05) is 29.3 Å². The van der Waals surface area contributed by atoms with E-state index >= 15 is 0 Å². The third-order valence-corrected chi connectivity index (χ3v) is 5.01.